The molecule has 2 rings (SSSR count). The molecule has 4 nitrogen and oxygen atoms in total. The topological polar surface area (TPSA) is 50.4 Å². The summed E-state index contributed by atoms with van der Waals surface area (Å²) in [6.07, 6.45) is 0. The summed E-state index contributed by atoms with van der Waals surface area (Å²) in [4.78, 5) is 12.0. The fraction of sp³-hybridized carbons (Fsp3) is 0.188. The first kappa shape index (κ1) is 15.4. The second kappa shape index (κ2) is 7.13. The van der Waals surface area contributed by atoms with Crippen molar-refractivity contribution in [2.75, 3.05) is 24.3 Å². The van der Waals surface area contributed by atoms with Crippen LogP contribution in [0.5, 0.6) is 5.75 Å². The third-order valence-electron chi connectivity index (χ3n) is 2.91. The van der Waals surface area contributed by atoms with Crippen molar-refractivity contribution in [3.05, 3.63) is 52.5 Å². The highest BCUT2D eigenvalue weighted by atomic mass is 79.9. The van der Waals surface area contributed by atoms with Crippen molar-refractivity contribution in [3.8, 4) is 5.75 Å². The molecule has 0 aliphatic carbocycles. The lowest BCUT2D eigenvalue weighted by molar-refractivity contribution is -0.114. The van der Waals surface area contributed by atoms with Gasteiger partial charge in [-0.05, 0) is 52.7 Å². The summed E-state index contributed by atoms with van der Waals surface area (Å²) in [5.41, 5.74) is 2.74. The van der Waals surface area contributed by atoms with Crippen LogP contribution >= 0.6 is 15.9 Å². The van der Waals surface area contributed by atoms with Crippen LogP contribution in [-0.2, 0) is 4.79 Å². The van der Waals surface area contributed by atoms with Crippen LogP contribution in [-0.4, -0.2) is 19.6 Å². The van der Waals surface area contributed by atoms with Crippen molar-refractivity contribution in [2.24, 2.45) is 0 Å². The molecule has 21 heavy (non-hydrogen) atoms. The number of nitrogens with one attached hydrogen (secondary N) is 2. The van der Waals surface area contributed by atoms with Crippen LogP contribution in [0.25, 0.3) is 0 Å². The van der Waals surface area contributed by atoms with E-state index in [9.17, 15) is 4.79 Å². The Bertz CT molecular complexity index is 644. The predicted molar refractivity (Wildman–Crippen MR) is 89.0 cm³/mol. The maximum absolute atomic E-state index is 12.0. The molecular formula is C16H17BrN2O2. The molecule has 0 heterocycles. The van der Waals surface area contributed by atoms with Gasteiger partial charge in [0.15, 0.2) is 0 Å². The fourth-order valence-corrected chi connectivity index (χ4v) is 2.24. The molecule has 5 heteroatoms. The monoisotopic (exact) mass is 348 g/mol. The van der Waals surface area contributed by atoms with Gasteiger partial charge in [0.1, 0.15) is 5.75 Å². The second-order valence-electron chi connectivity index (χ2n) is 4.62. The lowest BCUT2D eigenvalue weighted by Gasteiger charge is -2.10. The summed E-state index contributed by atoms with van der Waals surface area (Å²) >= 11 is 3.46. The Morgan fingerprint density at radius 3 is 2.81 bits per heavy atom. The molecule has 0 aliphatic heterocycles. The summed E-state index contributed by atoms with van der Waals surface area (Å²) in [6, 6.07) is 13.2. The number of ether oxygens (including phenoxy) is 1. The van der Waals surface area contributed by atoms with Crippen LogP contribution < -0.4 is 15.4 Å². The van der Waals surface area contributed by atoms with E-state index in [0.717, 1.165) is 15.7 Å². The third-order valence-corrected chi connectivity index (χ3v) is 3.61. The van der Waals surface area contributed by atoms with Crippen molar-refractivity contribution < 1.29 is 9.53 Å². The third kappa shape index (κ3) is 4.49. The molecule has 0 unspecified atom stereocenters. The summed E-state index contributed by atoms with van der Waals surface area (Å²) < 4.78 is 6.05. The molecule has 0 saturated carbocycles. The average Bonchev–Trinajstić information content (AvgIpc) is 2.48. The fourth-order valence-electron chi connectivity index (χ4n) is 1.86. The Morgan fingerprint density at radius 2 is 2.05 bits per heavy atom. The first-order valence-corrected chi connectivity index (χ1v) is 7.31. The van der Waals surface area contributed by atoms with Gasteiger partial charge in [-0.2, -0.15) is 0 Å². The van der Waals surface area contributed by atoms with E-state index < -0.39 is 0 Å². The van der Waals surface area contributed by atoms with E-state index in [0.29, 0.717) is 11.4 Å². The second-order valence-corrected chi connectivity index (χ2v) is 5.47. The molecule has 0 spiro atoms. The number of carbonyl (C=O) groups excluding carboxylic acids is 1. The van der Waals surface area contributed by atoms with E-state index >= 15 is 0 Å². The number of anilines is 2. The Hall–Kier alpha value is -2.01. The first-order valence-electron chi connectivity index (χ1n) is 6.52. The molecule has 0 fully saturated rings. The smallest absolute Gasteiger partial charge is 0.243 e. The van der Waals surface area contributed by atoms with E-state index in [1.807, 2.05) is 43.3 Å². The normalized spacial score (nSPS) is 10.0. The number of hydrogen-bond donors (Lipinski definition) is 2. The Labute approximate surface area is 132 Å². The summed E-state index contributed by atoms with van der Waals surface area (Å²) in [5, 5.41) is 5.94. The van der Waals surface area contributed by atoms with Gasteiger partial charge in [-0.3, -0.25) is 4.79 Å². The summed E-state index contributed by atoms with van der Waals surface area (Å²) in [6.45, 7) is 2.20. The molecule has 0 radical (unpaired) electrons. The predicted octanol–water partition coefficient (Wildman–Crippen LogP) is 3.82. The van der Waals surface area contributed by atoms with Crippen LogP contribution in [0.3, 0.4) is 0 Å². The van der Waals surface area contributed by atoms with Gasteiger partial charge < -0.3 is 15.4 Å². The Morgan fingerprint density at radius 1 is 1.24 bits per heavy atom. The van der Waals surface area contributed by atoms with Crippen molar-refractivity contribution in [3.63, 3.8) is 0 Å². The summed E-state index contributed by atoms with van der Waals surface area (Å²) in [5.74, 6) is 0.596. The van der Waals surface area contributed by atoms with Gasteiger partial charge in [0.25, 0.3) is 0 Å². The zero-order chi connectivity index (χ0) is 15.2. The maximum Gasteiger partial charge on any atom is 0.243 e. The van der Waals surface area contributed by atoms with Gasteiger partial charge in [-0.25, -0.2) is 0 Å². The van der Waals surface area contributed by atoms with Gasteiger partial charge in [0.05, 0.1) is 13.7 Å². The molecule has 0 saturated heterocycles. The lowest BCUT2D eigenvalue weighted by atomic mass is 10.2. The number of aryl methyl sites for hydroxylation is 1. The van der Waals surface area contributed by atoms with Gasteiger partial charge in [-0.1, -0.05) is 12.1 Å². The minimum Gasteiger partial charge on any atom is -0.497 e. The highest BCUT2D eigenvalue weighted by molar-refractivity contribution is 9.10. The number of amides is 1. The molecule has 0 bridgehead atoms. The highest BCUT2D eigenvalue weighted by Crippen LogP contribution is 2.23. The SMILES string of the molecule is COc1cccc(NC(=O)CNc2cc(C)ccc2Br)c1. The maximum atomic E-state index is 12.0. The Balaban J connectivity index is 1.94. The Kier molecular flexibility index (Phi) is 5.22. The summed E-state index contributed by atoms with van der Waals surface area (Å²) in [7, 11) is 1.59. The van der Waals surface area contributed by atoms with Crippen molar-refractivity contribution >= 4 is 33.2 Å². The number of carbonyl (C=O) groups is 1. The van der Waals surface area contributed by atoms with E-state index in [1.54, 1.807) is 13.2 Å². The number of hydrogen-bond acceptors (Lipinski definition) is 3. The molecule has 0 aliphatic rings. The van der Waals surface area contributed by atoms with Crippen molar-refractivity contribution in [1.29, 1.82) is 0 Å². The quantitative estimate of drug-likeness (QED) is 0.863. The number of methoxy groups -OCH3 is 1. The molecule has 0 atom stereocenters. The minimum atomic E-state index is -0.114. The number of halogens is 1. The van der Waals surface area contributed by atoms with E-state index in [4.69, 9.17) is 4.74 Å². The highest BCUT2D eigenvalue weighted by Gasteiger charge is 2.05. The van der Waals surface area contributed by atoms with Crippen molar-refractivity contribution in [1.82, 2.24) is 0 Å². The average molecular weight is 349 g/mol. The first-order chi connectivity index (χ1) is 10.1. The van der Waals surface area contributed by atoms with E-state index in [2.05, 4.69) is 26.6 Å². The molecule has 0 aromatic heterocycles. The van der Waals surface area contributed by atoms with Crippen molar-refractivity contribution in [2.45, 2.75) is 6.92 Å². The zero-order valence-electron chi connectivity index (χ0n) is 11.9. The molecule has 2 aromatic carbocycles. The van der Waals surface area contributed by atoms with E-state index in [1.165, 1.54) is 0 Å². The van der Waals surface area contributed by atoms with Gasteiger partial charge in [0.2, 0.25) is 5.91 Å². The van der Waals surface area contributed by atoms with Gasteiger partial charge in [-0.15, -0.1) is 0 Å². The van der Waals surface area contributed by atoms with Crippen LogP contribution in [0, 0.1) is 6.92 Å². The molecule has 2 N–H and O–H groups in total. The molecular weight excluding hydrogens is 332 g/mol. The van der Waals surface area contributed by atoms with Crippen LogP contribution in [0.1, 0.15) is 5.56 Å². The largest absolute Gasteiger partial charge is 0.497 e. The zero-order valence-corrected chi connectivity index (χ0v) is 13.5. The van der Waals surface area contributed by atoms with Crippen LogP contribution in [0.15, 0.2) is 46.9 Å². The molecule has 1 amide bonds. The standard InChI is InChI=1S/C16H17BrN2O2/c1-11-6-7-14(17)15(8-11)18-10-16(20)19-12-4-3-5-13(9-12)21-2/h3-9,18H,10H2,1-2H3,(H,19,20). The molecule has 110 valence electrons. The van der Waals surface area contributed by atoms with Crippen LogP contribution in [0.4, 0.5) is 11.4 Å². The lowest BCUT2D eigenvalue weighted by Crippen LogP contribution is -2.21. The van der Waals surface area contributed by atoms with Crippen LogP contribution in [0.2, 0.25) is 0 Å². The number of rotatable bonds is 5. The van der Waals surface area contributed by atoms with Gasteiger partial charge in [0, 0.05) is 21.9 Å². The van der Waals surface area contributed by atoms with Gasteiger partial charge >= 0.3 is 0 Å². The van der Waals surface area contributed by atoms with E-state index in [-0.39, 0.29) is 12.5 Å². The number of benzene rings is 2. The minimum absolute atomic E-state index is 0.114. The molecule has 2 aromatic rings.